The topological polar surface area (TPSA) is 126 Å². The maximum atomic E-state index is 13.7. The van der Waals surface area contributed by atoms with Crippen molar-refractivity contribution in [1.29, 1.82) is 0 Å². The summed E-state index contributed by atoms with van der Waals surface area (Å²) in [6.45, 7) is 9.08. The van der Waals surface area contributed by atoms with Crippen molar-refractivity contribution in [3.05, 3.63) is 94.6 Å². The number of piperidine rings is 1. The number of hydrogen-bond donors (Lipinski definition) is 2. The Balaban J connectivity index is 1.45. The fraction of sp³-hybridized carbons (Fsp3) is 0.355. The second kappa shape index (κ2) is 12.6. The van der Waals surface area contributed by atoms with Gasteiger partial charge >= 0.3 is 0 Å². The fourth-order valence-corrected chi connectivity index (χ4v) is 6.38. The van der Waals surface area contributed by atoms with Gasteiger partial charge in [-0.3, -0.25) is 14.4 Å². The van der Waals surface area contributed by atoms with E-state index in [1.807, 2.05) is 47.7 Å². The van der Waals surface area contributed by atoms with Gasteiger partial charge in [-0.05, 0) is 71.7 Å². The summed E-state index contributed by atoms with van der Waals surface area (Å²) in [5, 5.41) is 3.22. The molecule has 2 atom stereocenters. The van der Waals surface area contributed by atoms with Crippen LogP contribution in [-0.4, -0.2) is 55.2 Å². The number of halogens is 1. The molecule has 1 aromatic heterocycles. The summed E-state index contributed by atoms with van der Waals surface area (Å²) >= 11 is 6.08. The van der Waals surface area contributed by atoms with E-state index in [1.54, 1.807) is 6.07 Å². The highest BCUT2D eigenvalue weighted by atomic mass is 35.5. The van der Waals surface area contributed by atoms with Crippen molar-refractivity contribution in [3.8, 4) is 0 Å². The van der Waals surface area contributed by atoms with E-state index in [1.165, 1.54) is 48.2 Å². The largest absolute Gasteiger partial charge is 0.340 e. The Labute approximate surface area is 251 Å². The highest BCUT2D eigenvalue weighted by Gasteiger charge is 2.40. The number of aromatic nitrogens is 1. The van der Waals surface area contributed by atoms with Gasteiger partial charge in [0, 0.05) is 35.4 Å². The van der Waals surface area contributed by atoms with Crippen LogP contribution < -0.4 is 10.0 Å². The molecule has 0 unspecified atom stereocenters. The number of rotatable bonds is 8. The van der Waals surface area contributed by atoms with E-state index >= 15 is 0 Å². The molecule has 1 saturated heterocycles. The lowest BCUT2D eigenvalue weighted by molar-refractivity contribution is -0.137. The van der Waals surface area contributed by atoms with E-state index in [4.69, 9.17) is 11.6 Å². The van der Waals surface area contributed by atoms with Crippen LogP contribution in [0.15, 0.2) is 78.0 Å². The molecule has 2 N–H and O–H groups in total. The average Bonchev–Trinajstić information content (AvgIpc) is 2.95. The van der Waals surface area contributed by atoms with E-state index in [9.17, 15) is 22.8 Å². The molecule has 9 nitrogen and oxygen atoms in total. The molecule has 11 heteroatoms. The zero-order chi connectivity index (χ0) is 30.7. The molecule has 3 aromatic rings. The van der Waals surface area contributed by atoms with Gasteiger partial charge in [0.2, 0.25) is 5.91 Å². The van der Waals surface area contributed by atoms with Gasteiger partial charge in [-0.25, -0.2) is 9.71 Å². The van der Waals surface area contributed by atoms with E-state index in [2.05, 4.69) is 24.1 Å². The lowest BCUT2D eigenvalue weighted by atomic mass is 9.70. The Morgan fingerprint density at radius 3 is 2.24 bits per heavy atom. The second-order valence-corrected chi connectivity index (χ2v) is 13.6. The van der Waals surface area contributed by atoms with E-state index in [-0.39, 0.29) is 39.3 Å². The normalized spacial score (nSPS) is 17.4. The maximum Gasteiger partial charge on any atom is 0.281 e. The number of nitrogens with zero attached hydrogens (tertiary/aromatic N) is 2. The number of benzene rings is 2. The summed E-state index contributed by atoms with van der Waals surface area (Å²) < 4.78 is 27.0. The second-order valence-electron chi connectivity index (χ2n) is 11.5. The SMILES string of the molecule is CC(C)[C@@H](NC(=O)c1cccc(C(=O)NS(=O)(=O)c2ccccn2)c1)C(=O)N1CC[C@H](c2ccc(Cl)cc2)C(C)(C)C1. The summed E-state index contributed by atoms with van der Waals surface area (Å²) in [5.41, 5.74) is 1.07. The molecule has 0 bridgehead atoms. The van der Waals surface area contributed by atoms with Crippen molar-refractivity contribution < 1.29 is 22.8 Å². The Bertz CT molecular complexity index is 1560. The molecule has 0 spiro atoms. The highest BCUT2D eigenvalue weighted by Crippen LogP contribution is 2.42. The van der Waals surface area contributed by atoms with Crippen LogP contribution >= 0.6 is 11.6 Å². The number of likely N-dealkylation sites (tertiary alicyclic amines) is 1. The van der Waals surface area contributed by atoms with Gasteiger partial charge in [-0.15, -0.1) is 0 Å². The van der Waals surface area contributed by atoms with Crippen LogP contribution in [0.2, 0.25) is 5.02 Å². The molecule has 4 rings (SSSR count). The first-order chi connectivity index (χ1) is 19.8. The van der Waals surface area contributed by atoms with Gasteiger partial charge in [-0.1, -0.05) is 63.6 Å². The van der Waals surface area contributed by atoms with E-state index in [0.717, 1.165) is 6.42 Å². The van der Waals surface area contributed by atoms with Gasteiger partial charge in [0.05, 0.1) is 0 Å². The summed E-state index contributed by atoms with van der Waals surface area (Å²) in [6, 6.07) is 17.0. The third-order valence-electron chi connectivity index (χ3n) is 7.56. The predicted octanol–water partition coefficient (Wildman–Crippen LogP) is 4.65. The summed E-state index contributed by atoms with van der Waals surface area (Å²) in [4.78, 5) is 45.3. The average molecular weight is 611 g/mol. The lowest BCUT2D eigenvalue weighted by Gasteiger charge is -2.45. The highest BCUT2D eigenvalue weighted by molar-refractivity contribution is 7.90. The van der Waals surface area contributed by atoms with Crippen LogP contribution in [0, 0.1) is 11.3 Å². The third-order valence-corrected chi connectivity index (χ3v) is 9.06. The van der Waals surface area contributed by atoms with Gasteiger partial charge in [0.1, 0.15) is 6.04 Å². The van der Waals surface area contributed by atoms with Crippen molar-refractivity contribution in [1.82, 2.24) is 19.9 Å². The standard InChI is InChI=1S/C31H35ClN4O5S/c1-20(2)27(30(39)36-17-15-25(31(3,4)19-36)21-11-13-24(32)14-12-21)34-28(37)22-8-7-9-23(18-22)29(38)35-42(40,41)26-10-5-6-16-33-26/h5-14,16,18,20,25,27H,15,17,19H2,1-4H3,(H,34,37)(H,35,38)/t25-,27-/m1/s1. The van der Waals surface area contributed by atoms with E-state index < -0.39 is 27.9 Å². The molecule has 42 heavy (non-hydrogen) atoms. The van der Waals surface area contributed by atoms with Gasteiger partial charge in [-0.2, -0.15) is 8.42 Å². The Morgan fingerprint density at radius 2 is 1.64 bits per heavy atom. The van der Waals surface area contributed by atoms with Crippen molar-refractivity contribution in [2.24, 2.45) is 11.3 Å². The fourth-order valence-electron chi connectivity index (χ4n) is 5.33. The van der Waals surface area contributed by atoms with Crippen LogP contribution in [0.5, 0.6) is 0 Å². The number of hydrogen-bond acceptors (Lipinski definition) is 6. The molecule has 0 radical (unpaired) electrons. The van der Waals surface area contributed by atoms with Crippen LogP contribution in [0.4, 0.5) is 0 Å². The first-order valence-electron chi connectivity index (χ1n) is 13.7. The smallest absolute Gasteiger partial charge is 0.281 e. The van der Waals surface area contributed by atoms with Crippen LogP contribution in [0.25, 0.3) is 0 Å². The molecule has 1 aliphatic heterocycles. The summed E-state index contributed by atoms with van der Waals surface area (Å²) in [7, 11) is -4.20. The van der Waals surface area contributed by atoms with E-state index in [0.29, 0.717) is 18.1 Å². The number of nitrogens with one attached hydrogen (secondary N) is 2. The van der Waals surface area contributed by atoms with Crippen molar-refractivity contribution in [3.63, 3.8) is 0 Å². The van der Waals surface area contributed by atoms with Gasteiger partial charge in [0.25, 0.3) is 21.8 Å². The van der Waals surface area contributed by atoms with Crippen LogP contribution in [0.3, 0.4) is 0 Å². The first kappa shape index (κ1) is 31.2. The predicted molar refractivity (Wildman–Crippen MR) is 161 cm³/mol. The Hall–Kier alpha value is -3.76. The zero-order valence-electron chi connectivity index (χ0n) is 24.0. The lowest BCUT2D eigenvalue weighted by Crippen LogP contribution is -2.55. The number of carbonyl (C=O) groups excluding carboxylic acids is 3. The van der Waals surface area contributed by atoms with Gasteiger partial charge in [0.15, 0.2) is 5.03 Å². The number of pyridine rings is 1. The minimum Gasteiger partial charge on any atom is -0.340 e. The minimum absolute atomic E-state index is 0.0272. The molecular formula is C31H35ClN4O5S. The number of carbonyl (C=O) groups is 3. The third kappa shape index (κ3) is 7.17. The molecule has 3 amide bonds. The first-order valence-corrected chi connectivity index (χ1v) is 15.6. The quantitative estimate of drug-likeness (QED) is 0.382. The summed E-state index contributed by atoms with van der Waals surface area (Å²) in [6.07, 6.45) is 2.08. The molecule has 1 aliphatic rings. The van der Waals surface area contributed by atoms with Crippen molar-refractivity contribution in [2.45, 2.75) is 51.1 Å². The van der Waals surface area contributed by atoms with Crippen LogP contribution in [-0.2, 0) is 14.8 Å². The molecule has 0 saturated carbocycles. The Kier molecular flexibility index (Phi) is 9.37. The molecule has 222 valence electrons. The summed E-state index contributed by atoms with van der Waals surface area (Å²) in [5.74, 6) is -1.57. The minimum atomic E-state index is -4.20. The van der Waals surface area contributed by atoms with Gasteiger partial charge < -0.3 is 10.2 Å². The number of sulfonamides is 1. The van der Waals surface area contributed by atoms with Crippen molar-refractivity contribution >= 4 is 39.3 Å². The molecular weight excluding hydrogens is 576 g/mol. The molecule has 2 aromatic carbocycles. The zero-order valence-corrected chi connectivity index (χ0v) is 25.6. The molecule has 2 heterocycles. The molecule has 1 fully saturated rings. The monoisotopic (exact) mass is 610 g/mol. The number of amides is 3. The molecule has 0 aliphatic carbocycles. The Morgan fingerprint density at radius 1 is 0.976 bits per heavy atom. The maximum absolute atomic E-state index is 13.7. The van der Waals surface area contributed by atoms with Crippen molar-refractivity contribution in [2.75, 3.05) is 13.1 Å². The van der Waals surface area contributed by atoms with Crippen LogP contribution in [0.1, 0.15) is 66.3 Å².